The standard InChI is InChI=1S/C14H21FN2O/c1-4-14(5-2,9-16)17-13(18)11-7-6-10(3)12(15)8-11/h6-8H,4-5,9,16H2,1-3H3,(H,17,18). The minimum Gasteiger partial charge on any atom is -0.345 e. The van der Waals surface area contributed by atoms with Crippen molar-refractivity contribution in [1.82, 2.24) is 5.32 Å². The summed E-state index contributed by atoms with van der Waals surface area (Å²) in [5.41, 5.74) is 6.18. The zero-order valence-corrected chi connectivity index (χ0v) is 11.2. The molecule has 1 aromatic rings. The van der Waals surface area contributed by atoms with Crippen LogP contribution in [0.15, 0.2) is 18.2 Å². The normalized spacial score (nSPS) is 11.4. The first kappa shape index (κ1) is 14.6. The molecule has 0 fully saturated rings. The Morgan fingerprint density at radius 1 is 1.39 bits per heavy atom. The van der Waals surface area contributed by atoms with E-state index >= 15 is 0 Å². The summed E-state index contributed by atoms with van der Waals surface area (Å²) in [5.74, 6) is -0.642. The van der Waals surface area contributed by atoms with E-state index in [1.807, 2.05) is 13.8 Å². The Labute approximate surface area is 108 Å². The maximum atomic E-state index is 13.4. The first-order valence-electron chi connectivity index (χ1n) is 6.26. The van der Waals surface area contributed by atoms with Gasteiger partial charge < -0.3 is 11.1 Å². The molecule has 1 rings (SSSR count). The van der Waals surface area contributed by atoms with Gasteiger partial charge in [0.25, 0.3) is 5.91 Å². The number of amides is 1. The van der Waals surface area contributed by atoms with Crippen molar-refractivity contribution >= 4 is 5.91 Å². The van der Waals surface area contributed by atoms with Crippen molar-refractivity contribution in [3.63, 3.8) is 0 Å². The minimum atomic E-state index is -0.404. The molecule has 4 heteroatoms. The van der Waals surface area contributed by atoms with Gasteiger partial charge in [-0.2, -0.15) is 0 Å². The van der Waals surface area contributed by atoms with E-state index in [4.69, 9.17) is 5.73 Å². The molecule has 0 unspecified atom stereocenters. The Hall–Kier alpha value is -1.42. The van der Waals surface area contributed by atoms with E-state index in [-0.39, 0.29) is 11.7 Å². The molecule has 0 saturated heterocycles. The molecule has 100 valence electrons. The molecule has 0 radical (unpaired) electrons. The van der Waals surface area contributed by atoms with Gasteiger partial charge in [0, 0.05) is 12.1 Å². The van der Waals surface area contributed by atoms with E-state index in [1.54, 1.807) is 19.1 Å². The third kappa shape index (κ3) is 3.07. The summed E-state index contributed by atoms with van der Waals surface area (Å²) in [6, 6.07) is 4.49. The highest BCUT2D eigenvalue weighted by molar-refractivity contribution is 5.94. The molecule has 3 N–H and O–H groups in total. The molecule has 0 atom stereocenters. The number of aryl methyl sites for hydroxylation is 1. The third-order valence-corrected chi connectivity index (χ3v) is 3.56. The lowest BCUT2D eigenvalue weighted by molar-refractivity contribution is 0.0895. The van der Waals surface area contributed by atoms with E-state index in [9.17, 15) is 9.18 Å². The van der Waals surface area contributed by atoms with Gasteiger partial charge in [0.15, 0.2) is 0 Å². The van der Waals surface area contributed by atoms with E-state index in [0.717, 1.165) is 12.8 Å². The molecule has 0 spiro atoms. The predicted molar refractivity (Wildman–Crippen MR) is 71.0 cm³/mol. The molecule has 18 heavy (non-hydrogen) atoms. The molecule has 0 aliphatic rings. The van der Waals surface area contributed by atoms with Crippen molar-refractivity contribution in [2.24, 2.45) is 5.73 Å². The topological polar surface area (TPSA) is 55.1 Å². The number of nitrogens with one attached hydrogen (secondary N) is 1. The summed E-state index contributed by atoms with van der Waals surface area (Å²) in [7, 11) is 0. The number of halogens is 1. The van der Waals surface area contributed by atoms with Crippen molar-refractivity contribution in [3.8, 4) is 0 Å². The minimum absolute atomic E-state index is 0.275. The van der Waals surface area contributed by atoms with Gasteiger partial charge in [-0.1, -0.05) is 19.9 Å². The average molecular weight is 252 g/mol. The zero-order chi connectivity index (χ0) is 13.8. The van der Waals surface area contributed by atoms with Gasteiger partial charge in [-0.25, -0.2) is 4.39 Å². The van der Waals surface area contributed by atoms with E-state index in [2.05, 4.69) is 5.32 Å². The Balaban J connectivity index is 2.90. The summed E-state index contributed by atoms with van der Waals surface area (Å²) >= 11 is 0. The molecule has 0 aromatic heterocycles. The van der Waals surface area contributed by atoms with Gasteiger partial charge in [0.2, 0.25) is 0 Å². The lowest BCUT2D eigenvalue weighted by atomic mass is 9.92. The van der Waals surface area contributed by atoms with Crippen LogP contribution < -0.4 is 11.1 Å². The third-order valence-electron chi connectivity index (χ3n) is 3.56. The Bertz CT molecular complexity index is 420. The smallest absolute Gasteiger partial charge is 0.251 e. The molecule has 0 aliphatic heterocycles. The molecular weight excluding hydrogens is 231 g/mol. The molecule has 1 amide bonds. The summed E-state index contributed by atoms with van der Waals surface area (Å²) in [6.07, 6.45) is 1.50. The van der Waals surface area contributed by atoms with Crippen LogP contribution in [0.2, 0.25) is 0 Å². The van der Waals surface area contributed by atoms with Crippen LogP contribution in [0.3, 0.4) is 0 Å². The highest BCUT2D eigenvalue weighted by Gasteiger charge is 2.26. The lowest BCUT2D eigenvalue weighted by Gasteiger charge is -2.31. The van der Waals surface area contributed by atoms with Gasteiger partial charge in [0.05, 0.1) is 5.54 Å². The van der Waals surface area contributed by atoms with Gasteiger partial charge >= 0.3 is 0 Å². The fraction of sp³-hybridized carbons (Fsp3) is 0.500. The number of nitrogens with two attached hydrogens (primary N) is 1. The van der Waals surface area contributed by atoms with Crippen molar-refractivity contribution in [3.05, 3.63) is 35.1 Å². The molecule has 3 nitrogen and oxygen atoms in total. The van der Waals surface area contributed by atoms with Crippen LogP contribution in [0.5, 0.6) is 0 Å². The largest absolute Gasteiger partial charge is 0.345 e. The van der Waals surface area contributed by atoms with E-state index in [0.29, 0.717) is 17.7 Å². The monoisotopic (exact) mass is 252 g/mol. The van der Waals surface area contributed by atoms with E-state index in [1.165, 1.54) is 6.07 Å². The maximum absolute atomic E-state index is 13.4. The summed E-state index contributed by atoms with van der Waals surface area (Å²) in [6.45, 7) is 6.00. The Morgan fingerprint density at radius 3 is 2.44 bits per heavy atom. The Morgan fingerprint density at radius 2 is 2.00 bits per heavy atom. The second kappa shape index (κ2) is 5.96. The van der Waals surface area contributed by atoms with Crippen LogP contribution in [-0.4, -0.2) is 18.0 Å². The second-order valence-electron chi connectivity index (χ2n) is 4.61. The van der Waals surface area contributed by atoms with Crippen molar-refractivity contribution in [2.75, 3.05) is 6.54 Å². The molecule has 0 heterocycles. The van der Waals surface area contributed by atoms with Gasteiger partial charge in [-0.15, -0.1) is 0 Å². The van der Waals surface area contributed by atoms with Crippen LogP contribution in [0.25, 0.3) is 0 Å². The Kier molecular flexibility index (Phi) is 4.84. The fourth-order valence-corrected chi connectivity index (χ4v) is 1.81. The number of benzene rings is 1. The SMILES string of the molecule is CCC(CC)(CN)NC(=O)c1ccc(C)c(F)c1. The second-order valence-corrected chi connectivity index (χ2v) is 4.61. The summed E-state index contributed by atoms with van der Waals surface area (Å²) in [4.78, 5) is 12.1. The van der Waals surface area contributed by atoms with Crippen molar-refractivity contribution in [2.45, 2.75) is 39.2 Å². The van der Waals surface area contributed by atoms with Crippen LogP contribution in [0.4, 0.5) is 4.39 Å². The van der Waals surface area contributed by atoms with Crippen LogP contribution in [0.1, 0.15) is 42.6 Å². The first-order valence-corrected chi connectivity index (χ1v) is 6.26. The maximum Gasteiger partial charge on any atom is 0.251 e. The average Bonchev–Trinajstić information content (AvgIpc) is 2.39. The van der Waals surface area contributed by atoms with Crippen molar-refractivity contribution < 1.29 is 9.18 Å². The highest BCUT2D eigenvalue weighted by atomic mass is 19.1. The van der Waals surface area contributed by atoms with Crippen LogP contribution in [-0.2, 0) is 0 Å². The lowest BCUT2D eigenvalue weighted by Crippen LogP contribution is -2.52. The van der Waals surface area contributed by atoms with E-state index < -0.39 is 5.54 Å². The number of carbonyl (C=O) groups is 1. The fourth-order valence-electron chi connectivity index (χ4n) is 1.81. The molecule has 0 bridgehead atoms. The summed E-state index contributed by atoms with van der Waals surface area (Å²) < 4.78 is 13.4. The number of hydrogen-bond acceptors (Lipinski definition) is 2. The molecule has 1 aromatic carbocycles. The highest BCUT2D eigenvalue weighted by Crippen LogP contribution is 2.15. The quantitative estimate of drug-likeness (QED) is 0.845. The van der Waals surface area contributed by atoms with Gasteiger partial charge in [-0.3, -0.25) is 4.79 Å². The zero-order valence-electron chi connectivity index (χ0n) is 11.2. The first-order chi connectivity index (χ1) is 8.48. The number of rotatable bonds is 5. The predicted octanol–water partition coefficient (Wildman–Crippen LogP) is 2.38. The number of hydrogen-bond donors (Lipinski definition) is 2. The van der Waals surface area contributed by atoms with Gasteiger partial charge in [-0.05, 0) is 37.5 Å². The molecular formula is C14H21FN2O. The number of carbonyl (C=O) groups excluding carboxylic acids is 1. The molecule has 0 saturated carbocycles. The van der Waals surface area contributed by atoms with Crippen LogP contribution in [0, 0.1) is 12.7 Å². The molecule has 0 aliphatic carbocycles. The van der Waals surface area contributed by atoms with Gasteiger partial charge in [0.1, 0.15) is 5.82 Å². The van der Waals surface area contributed by atoms with Crippen molar-refractivity contribution in [1.29, 1.82) is 0 Å². The summed E-state index contributed by atoms with van der Waals surface area (Å²) in [5, 5.41) is 2.91. The van der Waals surface area contributed by atoms with Crippen LogP contribution >= 0.6 is 0 Å².